The highest BCUT2D eigenvalue weighted by Crippen LogP contribution is 1.89. The SMILES string of the molecule is C=C[C@H](CO)OCC. The first-order valence-electron chi connectivity index (χ1n) is 2.70. The van der Waals surface area contributed by atoms with Crippen LogP contribution in [0.25, 0.3) is 0 Å². The number of aliphatic hydroxyl groups is 1. The minimum Gasteiger partial charge on any atom is -0.393 e. The van der Waals surface area contributed by atoms with E-state index in [0.717, 1.165) is 0 Å². The zero-order valence-corrected chi connectivity index (χ0v) is 5.13. The molecule has 0 fully saturated rings. The van der Waals surface area contributed by atoms with Gasteiger partial charge in [0.25, 0.3) is 0 Å². The maximum atomic E-state index is 8.46. The first-order chi connectivity index (χ1) is 3.85. The number of hydrogen-bond donors (Lipinski definition) is 1. The summed E-state index contributed by atoms with van der Waals surface area (Å²) in [5, 5.41) is 8.46. The van der Waals surface area contributed by atoms with E-state index < -0.39 is 0 Å². The van der Waals surface area contributed by atoms with Crippen LogP contribution in [0.15, 0.2) is 12.7 Å². The van der Waals surface area contributed by atoms with Crippen LogP contribution in [0.5, 0.6) is 0 Å². The average molecular weight is 116 g/mol. The molecule has 1 atom stereocenters. The van der Waals surface area contributed by atoms with Crippen molar-refractivity contribution in [3.63, 3.8) is 0 Å². The van der Waals surface area contributed by atoms with Crippen molar-refractivity contribution in [2.45, 2.75) is 13.0 Å². The predicted molar refractivity (Wildman–Crippen MR) is 32.7 cm³/mol. The zero-order chi connectivity index (χ0) is 6.41. The van der Waals surface area contributed by atoms with E-state index in [1.807, 2.05) is 6.92 Å². The third kappa shape index (κ3) is 2.77. The Morgan fingerprint density at radius 1 is 1.88 bits per heavy atom. The van der Waals surface area contributed by atoms with Gasteiger partial charge >= 0.3 is 0 Å². The van der Waals surface area contributed by atoms with Crippen LogP contribution in [0, 0.1) is 0 Å². The molecule has 8 heavy (non-hydrogen) atoms. The molecule has 0 aromatic heterocycles. The standard InChI is InChI=1S/C6H12O2/c1-3-6(5-7)8-4-2/h3,6-7H,1,4-5H2,2H3/t6-/m1/s1. The summed E-state index contributed by atoms with van der Waals surface area (Å²) in [6.45, 7) is 5.99. The van der Waals surface area contributed by atoms with E-state index in [9.17, 15) is 0 Å². The summed E-state index contributed by atoms with van der Waals surface area (Å²) < 4.78 is 4.97. The molecule has 0 aromatic rings. The van der Waals surface area contributed by atoms with Crippen LogP contribution in [0.2, 0.25) is 0 Å². The molecule has 0 rings (SSSR count). The largest absolute Gasteiger partial charge is 0.393 e. The highest BCUT2D eigenvalue weighted by molar-refractivity contribution is 4.78. The number of rotatable bonds is 4. The summed E-state index contributed by atoms with van der Waals surface area (Å²) in [4.78, 5) is 0. The van der Waals surface area contributed by atoms with Gasteiger partial charge in [-0.3, -0.25) is 0 Å². The second-order valence-electron chi connectivity index (χ2n) is 1.41. The van der Waals surface area contributed by atoms with Crippen LogP contribution in [0.3, 0.4) is 0 Å². The molecular formula is C6H12O2. The summed E-state index contributed by atoms with van der Waals surface area (Å²) in [7, 11) is 0. The topological polar surface area (TPSA) is 29.5 Å². The monoisotopic (exact) mass is 116 g/mol. The van der Waals surface area contributed by atoms with Crippen molar-refractivity contribution in [2.24, 2.45) is 0 Å². The second kappa shape index (κ2) is 4.81. The quantitative estimate of drug-likeness (QED) is 0.544. The molecule has 1 N–H and O–H groups in total. The fourth-order valence-corrected chi connectivity index (χ4v) is 0.409. The number of aliphatic hydroxyl groups excluding tert-OH is 1. The van der Waals surface area contributed by atoms with Crippen LogP contribution < -0.4 is 0 Å². The second-order valence-corrected chi connectivity index (χ2v) is 1.41. The molecule has 0 aromatic carbocycles. The predicted octanol–water partition coefficient (Wildman–Crippen LogP) is 0.570. The maximum Gasteiger partial charge on any atom is 0.0983 e. The summed E-state index contributed by atoms with van der Waals surface area (Å²) >= 11 is 0. The van der Waals surface area contributed by atoms with Gasteiger partial charge in [-0.05, 0) is 6.92 Å². The Labute approximate surface area is 49.8 Å². The number of ether oxygens (including phenoxy) is 1. The van der Waals surface area contributed by atoms with Gasteiger partial charge in [-0.25, -0.2) is 0 Å². The minimum atomic E-state index is -0.181. The first-order valence-corrected chi connectivity index (χ1v) is 2.70. The van der Waals surface area contributed by atoms with Crippen molar-refractivity contribution in [2.75, 3.05) is 13.2 Å². The van der Waals surface area contributed by atoms with Crippen LogP contribution in [-0.2, 0) is 4.74 Å². The Morgan fingerprint density at radius 2 is 2.50 bits per heavy atom. The summed E-state index contributed by atoms with van der Waals surface area (Å²) in [5.41, 5.74) is 0. The highest BCUT2D eigenvalue weighted by Gasteiger charge is 1.96. The van der Waals surface area contributed by atoms with E-state index in [2.05, 4.69) is 6.58 Å². The van der Waals surface area contributed by atoms with Crippen molar-refractivity contribution in [3.8, 4) is 0 Å². The van der Waals surface area contributed by atoms with E-state index >= 15 is 0 Å². The lowest BCUT2D eigenvalue weighted by molar-refractivity contribution is 0.0510. The molecule has 0 bridgehead atoms. The molecular weight excluding hydrogens is 104 g/mol. The molecule has 0 aliphatic heterocycles. The molecule has 0 aliphatic carbocycles. The van der Waals surface area contributed by atoms with Gasteiger partial charge in [-0.1, -0.05) is 6.08 Å². The van der Waals surface area contributed by atoms with Crippen molar-refractivity contribution < 1.29 is 9.84 Å². The van der Waals surface area contributed by atoms with Crippen molar-refractivity contribution in [1.82, 2.24) is 0 Å². The normalized spacial score (nSPS) is 13.2. The minimum absolute atomic E-state index is 0.0251. The van der Waals surface area contributed by atoms with Crippen LogP contribution in [-0.4, -0.2) is 24.4 Å². The molecule has 0 heterocycles. The average Bonchev–Trinajstić information content (AvgIpc) is 1.83. The van der Waals surface area contributed by atoms with E-state index in [4.69, 9.17) is 9.84 Å². The fourth-order valence-electron chi connectivity index (χ4n) is 0.409. The Bertz CT molecular complexity index is 61.5. The van der Waals surface area contributed by atoms with E-state index in [1.165, 1.54) is 0 Å². The van der Waals surface area contributed by atoms with Crippen molar-refractivity contribution in [1.29, 1.82) is 0 Å². The lowest BCUT2D eigenvalue weighted by Crippen LogP contribution is -2.13. The summed E-state index contributed by atoms with van der Waals surface area (Å²) in [6, 6.07) is 0. The summed E-state index contributed by atoms with van der Waals surface area (Å²) in [6.07, 6.45) is 1.41. The molecule has 0 saturated heterocycles. The first kappa shape index (κ1) is 7.66. The third-order valence-corrected chi connectivity index (χ3v) is 0.824. The van der Waals surface area contributed by atoms with Gasteiger partial charge in [-0.15, -0.1) is 6.58 Å². The van der Waals surface area contributed by atoms with Gasteiger partial charge in [0.2, 0.25) is 0 Å². The van der Waals surface area contributed by atoms with Gasteiger partial charge in [0.1, 0.15) is 0 Å². The van der Waals surface area contributed by atoms with Gasteiger partial charge in [0.05, 0.1) is 12.7 Å². The van der Waals surface area contributed by atoms with Gasteiger partial charge in [0, 0.05) is 6.61 Å². The third-order valence-electron chi connectivity index (χ3n) is 0.824. The van der Waals surface area contributed by atoms with Gasteiger partial charge in [-0.2, -0.15) is 0 Å². The molecule has 0 spiro atoms. The molecule has 0 radical (unpaired) electrons. The fraction of sp³-hybridized carbons (Fsp3) is 0.667. The van der Waals surface area contributed by atoms with Crippen LogP contribution >= 0.6 is 0 Å². The highest BCUT2D eigenvalue weighted by atomic mass is 16.5. The molecule has 48 valence electrons. The van der Waals surface area contributed by atoms with E-state index in [1.54, 1.807) is 6.08 Å². The van der Waals surface area contributed by atoms with Gasteiger partial charge in [0.15, 0.2) is 0 Å². The lowest BCUT2D eigenvalue weighted by Gasteiger charge is -2.06. The molecule has 2 heteroatoms. The molecule has 0 amide bonds. The van der Waals surface area contributed by atoms with E-state index in [0.29, 0.717) is 6.61 Å². The van der Waals surface area contributed by atoms with Crippen LogP contribution in [0.4, 0.5) is 0 Å². The van der Waals surface area contributed by atoms with Crippen molar-refractivity contribution in [3.05, 3.63) is 12.7 Å². The number of hydrogen-bond acceptors (Lipinski definition) is 2. The molecule has 2 nitrogen and oxygen atoms in total. The lowest BCUT2D eigenvalue weighted by atomic mass is 10.4. The molecule has 0 saturated carbocycles. The Kier molecular flexibility index (Phi) is 4.61. The molecule has 0 unspecified atom stereocenters. The van der Waals surface area contributed by atoms with Gasteiger partial charge < -0.3 is 9.84 Å². The maximum absolute atomic E-state index is 8.46. The molecule has 0 aliphatic rings. The van der Waals surface area contributed by atoms with Crippen molar-refractivity contribution >= 4 is 0 Å². The smallest absolute Gasteiger partial charge is 0.0983 e. The van der Waals surface area contributed by atoms with Crippen LogP contribution in [0.1, 0.15) is 6.92 Å². The Hall–Kier alpha value is -0.340. The zero-order valence-electron chi connectivity index (χ0n) is 5.13. The Balaban J connectivity index is 3.21. The van der Waals surface area contributed by atoms with E-state index in [-0.39, 0.29) is 12.7 Å². The Morgan fingerprint density at radius 3 is 2.62 bits per heavy atom. The summed E-state index contributed by atoms with van der Waals surface area (Å²) in [5.74, 6) is 0.